The average molecular weight is 435 g/mol. The van der Waals surface area contributed by atoms with E-state index in [0.717, 1.165) is 43.7 Å². The summed E-state index contributed by atoms with van der Waals surface area (Å²) in [6.45, 7) is 8.21. The Morgan fingerprint density at radius 2 is 2.04 bits per heavy atom. The maximum absolute atomic E-state index is 12.2. The largest absolute Gasteiger partial charge is 0.444 e. The fraction of sp³-hybridized carbons (Fsp3) is 0.750. The minimum absolute atomic E-state index is 0.308. The Balaban J connectivity index is 2.04. The van der Waals surface area contributed by atoms with Crippen molar-refractivity contribution in [1.82, 2.24) is 10.2 Å². The molecule has 1 amide bonds. The van der Waals surface area contributed by atoms with Crippen LogP contribution in [0.15, 0.2) is 11.3 Å². The number of halogens is 1. The molecule has 0 atom stereocenters. The van der Waals surface area contributed by atoms with Crippen LogP contribution >= 0.6 is 22.6 Å². The predicted octanol–water partition coefficient (Wildman–Crippen LogP) is 3.06. The van der Waals surface area contributed by atoms with Crippen molar-refractivity contribution >= 4 is 32.4 Å². The van der Waals surface area contributed by atoms with Gasteiger partial charge in [-0.25, -0.2) is 4.79 Å². The van der Waals surface area contributed by atoms with Crippen molar-refractivity contribution in [2.24, 2.45) is 0 Å². The number of carbonyl (C=O) groups is 1. The lowest BCUT2D eigenvalue weighted by molar-refractivity contribution is 0.0260. The smallest absolute Gasteiger partial charge is 0.410 e. The first-order chi connectivity index (χ1) is 10.8. The molecule has 0 aromatic heterocycles. The third kappa shape index (κ3) is 5.63. The minimum atomic E-state index is -0.501. The number of hydrogen-bond acceptors (Lipinski definition) is 5. The molecule has 2 aliphatic rings. The van der Waals surface area contributed by atoms with Gasteiger partial charge < -0.3 is 19.7 Å². The molecule has 7 heteroatoms. The van der Waals surface area contributed by atoms with E-state index in [2.05, 4.69) is 5.32 Å². The zero-order valence-electron chi connectivity index (χ0n) is 14.1. The van der Waals surface area contributed by atoms with Gasteiger partial charge in [0.15, 0.2) is 0 Å². The highest BCUT2D eigenvalue weighted by atomic mass is 127. The molecule has 0 aromatic carbocycles. The van der Waals surface area contributed by atoms with Gasteiger partial charge in [-0.2, -0.15) is 0 Å². The van der Waals surface area contributed by atoms with Crippen LogP contribution < -0.4 is 5.32 Å². The Morgan fingerprint density at radius 1 is 1.39 bits per heavy atom. The van der Waals surface area contributed by atoms with Crippen LogP contribution in [0.5, 0.6) is 0 Å². The molecular weight excluding hydrogens is 409 g/mol. The van der Waals surface area contributed by atoms with E-state index in [-0.39, 0.29) is 6.09 Å². The monoisotopic (exact) mass is 435 g/mol. The summed E-state index contributed by atoms with van der Waals surface area (Å²) in [5.41, 5.74) is 1.49. The van der Waals surface area contributed by atoms with E-state index < -0.39 is 5.60 Å². The number of nitrogens with one attached hydrogen (secondary N) is 2. The van der Waals surface area contributed by atoms with Crippen molar-refractivity contribution in [2.45, 2.75) is 51.7 Å². The normalized spacial score (nSPS) is 20.4. The van der Waals surface area contributed by atoms with Crippen LogP contribution in [0.2, 0.25) is 0 Å². The highest BCUT2D eigenvalue weighted by molar-refractivity contribution is 14.1. The summed E-state index contributed by atoms with van der Waals surface area (Å²) in [5.74, 6) is 0. The van der Waals surface area contributed by atoms with Crippen LogP contribution in [0.25, 0.3) is 0 Å². The van der Waals surface area contributed by atoms with Gasteiger partial charge in [-0.05, 0) is 56.2 Å². The lowest BCUT2D eigenvalue weighted by Gasteiger charge is -2.34. The van der Waals surface area contributed by atoms with Crippen LogP contribution in [-0.2, 0) is 9.47 Å². The fourth-order valence-corrected chi connectivity index (χ4v) is 3.19. The Kier molecular flexibility index (Phi) is 6.30. The van der Waals surface area contributed by atoms with E-state index in [0.29, 0.717) is 22.8 Å². The number of nitrogens with zero attached hydrogens (tertiary/aromatic N) is 1. The Bertz CT molecular complexity index is 493. The topological polar surface area (TPSA) is 74.7 Å². The van der Waals surface area contributed by atoms with Crippen LogP contribution in [0.1, 0.15) is 40.0 Å². The first kappa shape index (κ1) is 18.5. The van der Waals surface area contributed by atoms with Crippen LogP contribution in [0.4, 0.5) is 4.79 Å². The first-order valence-electron chi connectivity index (χ1n) is 8.05. The molecule has 0 aliphatic carbocycles. The molecule has 6 nitrogen and oxygen atoms in total. The third-order valence-electron chi connectivity index (χ3n) is 3.86. The summed E-state index contributed by atoms with van der Waals surface area (Å²) >= 11 is 2.01. The highest BCUT2D eigenvalue weighted by Crippen LogP contribution is 2.23. The fourth-order valence-electron chi connectivity index (χ4n) is 2.69. The summed E-state index contributed by atoms with van der Waals surface area (Å²) in [7, 11) is 0. The molecule has 0 saturated carbocycles. The van der Waals surface area contributed by atoms with Gasteiger partial charge in [-0.15, -0.1) is 0 Å². The molecule has 2 aliphatic heterocycles. The van der Waals surface area contributed by atoms with E-state index in [4.69, 9.17) is 14.9 Å². The summed E-state index contributed by atoms with van der Waals surface area (Å²) in [5, 5.41) is 11.6. The number of hydrogen-bond donors (Lipinski definition) is 2. The van der Waals surface area contributed by atoms with Crippen molar-refractivity contribution in [3.05, 3.63) is 11.3 Å². The molecular formula is C16H26IN3O3. The molecule has 2 rings (SSSR count). The summed E-state index contributed by atoms with van der Waals surface area (Å²) < 4.78 is 11.3. The van der Waals surface area contributed by atoms with Gasteiger partial charge in [-0.1, -0.05) is 0 Å². The average Bonchev–Trinajstić information content (AvgIpc) is 2.46. The SMILES string of the molecule is CC(C)(C)OC(=O)N1CCC(NC2CCOCC2)=C(C(=N)I)C1. The quantitative estimate of drug-likeness (QED) is 0.528. The maximum atomic E-state index is 12.2. The maximum Gasteiger partial charge on any atom is 0.410 e. The van der Waals surface area contributed by atoms with Gasteiger partial charge in [0.25, 0.3) is 0 Å². The van der Waals surface area contributed by atoms with Crippen molar-refractivity contribution in [1.29, 1.82) is 5.41 Å². The molecule has 0 radical (unpaired) electrons. The standard InChI is InChI=1S/C16H26IN3O3/c1-16(2,3)23-15(21)20-7-4-13(12(10-20)14(17)18)19-11-5-8-22-9-6-11/h11,18-19H,4-10H2,1-3H3. The summed E-state index contributed by atoms with van der Waals surface area (Å²) in [4.78, 5) is 13.9. The number of carbonyl (C=O) groups excluding carboxylic acids is 1. The predicted molar refractivity (Wildman–Crippen MR) is 98.2 cm³/mol. The van der Waals surface area contributed by atoms with Gasteiger partial charge in [-0.3, -0.25) is 5.41 Å². The van der Waals surface area contributed by atoms with E-state index in [9.17, 15) is 4.79 Å². The molecule has 0 bridgehead atoms. The van der Waals surface area contributed by atoms with Gasteiger partial charge in [0, 0.05) is 43.5 Å². The van der Waals surface area contributed by atoms with Crippen molar-refractivity contribution in [3.63, 3.8) is 0 Å². The van der Waals surface area contributed by atoms with E-state index >= 15 is 0 Å². The number of ether oxygens (including phenoxy) is 2. The van der Waals surface area contributed by atoms with Crippen LogP contribution in [0.3, 0.4) is 0 Å². The molecule has 0 spiro atoms. The molecule has 0 unspecified atom stereocenters. The highest BCUT2D eigenvalue weighted by Gasteiger charge is 2.29. The van der Waals surface area contributed by atoms with Gasteiger partial charge in [0.05, 0.1) is 10.3 Å². The zero-order valence-corrected chi connectivity index (χ0v) is 16.2. The minimum Gasteiger partial charge on any atom is -0.444 e. The Morgan fingerprint density at radius 3 is 2.61 bits per heavy atom. The number of amides is 1. The molecule has 23 heavy (non-hydrogen) atoms. The molecule has 2 N–H and O–H groups in total. The Labute approximate surface area is 151 Å². The summed E-state index contributed by atoms with van der Waals surface area (Å²) in [6.07, 6.45) is 2.40. The van der Waals surface area contributed by atoms with E-state index in [1.165, 1.54) is 0 Å². The van der Waals surface area contributed by atoms with E-state index in [1.54, 1.807) is 4.90 Å². The number of rotatable bonds is 3. The van der Waals surface area contributed by atoms with E-state index in [1.807, 2.05) is 43.4 Å². The van der Waals surface area contributed by atoms with Gasteiger partial charge in [0.2, 0.25) is 0 Å². The second kappa shape index (κ2) is 7.83. The van der Waals surface area contributed by atoms with Crippen molar-refractivity contribution < 1.29 is 14.3 Å². The Hall–Kier alpha value is -0.830. The van der Waals surface area contributed by atoms with Gasteiger partial charge >= 0.3 is 6.09 Å². The van der Waals surface area contributed by atoms with Crippen molar-refractivity contribution in [3.8, 4) is 0 Å². The first-order valence-corrected chi connectivity index (χ1v) is 9.13. The second-order valence-electron chi connectivity index (χ2n) is 6.95. The molecule has 1 saturated heterocycles. The molecule has 2 heterocycles. The summed E-state index contributed by atoms with van der Waals surface area (Å²) in [6, 6.07) is 0.401. The zero-order chi connectivity index (χ0) is 17.0. The van der Waals surface area contributed by atoms with Gasteiger partial charge in [0.1, 0.15) is 5.60 Å². The van der Waals surface area contributed by atoms with Crippen molar-refractivity contribution in [2.75, 3.05) is 26.3 Å². The van der Waals surface area contributed by atoms with Crippen LogP contribution in [-0.4, -0.2) is 52.7 Å². The van der Waals surface area contributed by atoms with Crippen LogP contribution in [0, 0.1) is 5.41 Å². The second-order valence-corrected chi connectivity index (χ2v) is 8.03. The lowest BCUT2D eigenvalue weighted by Crippen LogP contribution is -2.44. The molecule has 0 aromatic rings. The molecule has 1 fully saturated rings. The lowest BCUT2D eigenvalue weighted by atomic mass is 10.0. The third-order valence-corrected chi connectivity index (χ3v) is 4.51. The molecule has 130 valence electrons.